The summed E-state index contributed by atoms with van der Waals surface area (Å²) >= 11 is 0. The van der Waals surface area contributed by atoms with Crippen molar-refractivity contribution in [2.45, 2.75) is 43.4 Å². The molecular formula is C37H36N2O7. The summed E-state index contributed by atoms with van der Waals surface area (Å²) in [5.74, 6) is 3.97. The Morgan fingerprint density at radius 1 is 0.826 bits per heavy atom. The SMILES string of the molecule is COC1=CC2=C3[C@@H](Cc4cc5c(c(c4)Oc4ccc(cc4)C[C@H]4c6cc7c(cc6CCN4C)OC[C@@]3(O7)C1=O)OCO5)N(C)CC2. The maximum atomic E-state index is 14.5. The van der Waals surface area contributed by atoms with Crippen molar-refractivity contribution in [1.29, 1.82) is 0 Å². The molecule has 9 nitrogen and oxygen atoms in total. The number of allylic oxidation sites excluding steroid dienone is 1. The van der Waals surface area contributed by atoms with Crippen LogP contribution in [0.2, 0.25) is 0 Å². The molecule has 3 atom stereocenters. The zero-order valence-corrected chi connectivity index (χ0v) is 26.3. The number of benzene rings is 3. The Hall–Kier alpha value is -4.47. The Morgan fingerprint density at radius 3 is 2.46 bits per heavy atom. The number of carbonyl (C=O) groups is 1. The van der Waals surface area contributed by atoms with Crippen molar-refractivity contribution in [3.63, 3.8) is 0 Å². The maximum absolute atomic E-state index is 14.5. The van der Waals surface area contributed by atoms with E-state index in [2.05, 4.69) is 48.2 Å². The molecule has 0 saturated carbocycles. The number of likely N-dealkylation sites (N-methyl/N-ethyl adjacent to an activating group) is 2. The molecule has 0 radical (unpaired) electrons. The summed E-state index contributed by atoms with van der Waals surface area (Å²) in [4.78, 5) is 19.2. The van der Waals surface area contributed by atoms with Crippen LogP contribution in [0.15, 0.2) is 71.5 Å². The summed E-state index contributed by atoms with van der Waals surface area (Å²) in [6, 6.07) is 16.6. The van der Waals surface area contributed by atoms with Gasteiger partial charge in [-0.3, -0.25) is 14.6 Å². The van der Waals surface area contributed by atoms with Crippen LogP contribution in [0.25, 0.3) is 0 Å². The normalized spacial score (nSPS) is 26.3. The first kappa shape index (κ1) is 27.8. The van der Waals surface area contributed by atoms with Crippen LogP contribution in [0.1, 0.15) is 34.7 Å². The van der Waals surface area contributed by atoms with Crippen LogP contribution in [-0.2, 0) is 28.8 Å². The van der Waals surface area contributed by atoms with E-state index in [0.29, 0.717) is 40.9 Å². The van der Waals surface area contributed by atoms with Crippen LogP contribution < -0.4 is 23.7 Å². The molecule has 3 aromatic carbocycles. The van der Waals surface area contributed by atoms with Crippen LogP contribution in [0.4, 0.5) is 0 Å². The third kappa shape index (κ3) is 4.18. The predicted molar refractivity (Wildman–Crippen MR) is 169 cm³/mol. The lowest BCUT2D eigenvalue weighted by Crippen LogP contribution is -2.61. The molecular weight excluding hydrogens is 584 g/mol. The van der Waals surface area contributed by atoms with Gasteiger partial charge in [-0.2, -0.15) is 0 Å². The highest BCUT2D eigenvalue weighted by atomic mass is 16.7. The predicted octanol–water partition coefficient (Wildman–Crippen LogP) is 5.16. The number of fused-ring (bicyclic) bond motifs is 3. The van der Waals surface area contributed by atoms with Gasteiger partial charge in [0.1, 0.15) is 12.4 Å². The average molecular weight is 621 g/mol. The van der Waals surface area contributed by atoms with Crippen molar-refractivity contribution < 1.29 is 33.2 Å². The number of ketones is 1. The molecule has 236 valence electrons. The summed E-state index contributed by atoms with van der Waals surface area (Å²) in [6.07, 6.45) is 5.00. The Labute approximate surface area is 267 Å². The van der Waals surface area contributed by atoms with E-state index in [1.807, 2.05) is 30.3 Å². The molecule has 0 unspecified atom stereocenters. The van der Waals surface area contributed by atoms with Crippen molar-refractivity contribution >= 4 is 5.78 Å². The minimum absolute atomic E-state index is 0.0756. The van der Waals surface area contributed by atoms with Gasteiger partial charge in [-0.25, -0.2) is 0 Å². The van der Waals surface area contributed by atoms with E-state index >= 15 is 0 Å². The molecule has 10 rings (SSSR count). The molecule has 3 aromatic rings. The fraction of sp³-hybridized carbons (Fsp3) is 0.378. The lowest BCUT2D eigenvalue weighted by Gasteiger charge is -2.48. The lowest BCUT2D eigenvalue weighted by molar-refractivity contribution is -0.136. The fourth-order valence-electron chi connectivity index (χ4n) is 8.08. The first-order valence-electron chi connectivity index (χ1n) is 16.0. The molecule has 0 N–H and O–H groups in total. The van der Waals surface area contributed by atoms with Gasteiger partial charge in [-0.05, 0) is 110 Å². The van der Waals surface area contributed by atoms with Crippen molar-refractivity contribution in [3.8, 4) is 34.5 Å². The molecule has 6 aliphatic heterocycles. The number of carbonyl (C=O) groups excluding carboxylic acids is 1. The van der Waals surface area contributed by atoms with Crippen LogP contribution in [0.5, 0.6) is 34.5 Å². The lowest BCUT2D eigenvalue weighted by atomic mass is 9.72. The topological polar surface area (TPSA) is 78.9 Å². The second-order valence-corrected chi connectivity index (χ2v) is 13.2. The Kier molecular flexibility index (Phi) is 6.21. The van der Waals surface area contributed by atoms with Gasteiger partial charge in [0, 0.05) is 30.7 Å². The summed E-state index contributed by atoms with van der Waals surface area (Å²) in [5.41, 5.74) is 5.30. The number of methoxy groups -OCH3 is 1. The molecule has 46 heavy (non-hydrogen) atoms. The first-order valence-corrected chi connectivity index (χ1v) is 16.0. The molecule has 1 aliphatic carbocycles. The van der Waals surface area contributed by atoms with Crippen LogP contribution >= 0.6 is 0 Å². The van der Waals surface area contributed by atoms with Crippen molar-refractivity contribution in [2.24, 2.45) is 0 Å². The molecule has 0 fully saturated rings. The van der Waals surface area contributed by atoms with E-state index < -0.39 is 5.60 Å². The highest BCUT2D eigenvalue weighted by Gasteiger charge is 2.56. The summed E-state index contributed by atoms with van der Waals surface area (Å²) < 4.78 is 37.5. The van der Waals surface area contributed by atoms with Gasteiger partial charge in [-0.1, -0.05) is 12.1 Å². The van der Waals surface area contributed by atoms with Crippen LogP contribution in [0.3, 0.4) is 0 Å². The van der Waals surface area contributed by atoms with E-state index in [0.717, 1.165) is 54.8 Å². The molecule has 1 spiro atoms. The number of ether oxygens (including phenoxy) is 6. The molecule has 0 amide bonds. The molecule has 7 aliphatic rings. The number of nitrogens with zero attached hydrogens (tertiary/aromatic N) is 2. The molecule has 0 saturated heterocycles. The molecule has 7 bridgehead atoms. The largest absolute Gasteiger partial charge is 0.493 e. The quantitative estimate of drug-likeness (QED) is 0.367. The third-order valence-corrected chi connectivity index (χ3v) is 10.5. The summed E-state index contributed by atoms with van der Waals surface area (Å²) in [5, 5.41) is 0. The summed E-state index contributed by atoms with van der Waals surface area (Å²) in [7, 11) is 5.83. The highest BCUT2D eigenvalue weighted by Crippen LogP contribution is 2.50. The number of rotatable bonds is 1. The van der Waals surface area contributed by atoms with Gasteiger partial charge >= 0.3 is 0 Å². The number of hydrogen-bond acceptors (Lipinski definition) is 9. The van der Waals surface area contributed by atoms with Gasteiger partial charge in [0.15, 0.2) is 28.8 Å². The highest BCUT2D eigenvalue weighted by molar-refractivity contribution is 6.05. The zero-order chi connectivity index (χ0) is 31.2. The third-order valence-electron chi connectivity index (χ3n) is 10.5. The van der Waals surface area contributed by atoms with E-state index in [-0.39, 0.29) is 31.3 Å². The van der Waals surface area contributed by atoms with Crippen LogP contribution in [0, 0.1) is 0 Å². The Bertz CT molecular complexity index is 1850. The standard InChI is InChI=1S/C37H36N2O7/c1-38-10-8-23-16-29-30-18-26(23)27(38)12-21-4-6-25(7-5-21)45-32-15-22(14-31-35(32)44-20-43-31)13-28-34-24(9-11-39(28)2)17-33(41-3)36(40)37(34,46-30)19-42-29/h4-7,14-18,27-28H,8-13,19-20H2,1-3H3/t27-,28+,37-/m0/s1. The van der Waals surface area contributed by atoms with Gasteiger partial charge < -0.3 is 28.4 Å². The second-order valence-electron chi connectivity index (χ2n) is 13.2. The average Bonchev–Trinajstić information content (AvgIpc) is 3.54. The Morgan fingerprint density at radius 2 is 1.61 bits per heavy atom. The minimum atomic E-state index is -1.36. The number of Topliss-reactive ketones (excluding diaryl/α,β-unsaturated/α-hetero) is 1. The van der Waals surface area contributed by atoms with Crippen molar-refractivity contribution in [1.82, 2.24) is 9.80 Å². The minimum Gasteiger partial charge on any atom is -0.493 e. The van der Waals surface area contributed by atoms with Gasteiger partial charge in [0.05, 0.1) is 7.11 Å². The van der Waals surface area contributed by atoms with E-state index in [1.165, 1.54) is 16.7 Å². The van der Waals surface area contributed by atoms with Gasteiger partial charge in [0.25, 0.3) is 0 Å². The van der Waals surface area contributed by atoms with Gasteiger partial charge in [-0.15, -0.1) is 0 Å². The Balaban J connectivity index is 1.26. The molecule has 9 heteroatoms. The summed E-state index contributed by atoms with van der Waals surface area (Å²) in [6.45, 7) is 1.97. The van der Waals surface area contributed by atoms with Crippen LogP contribution in [-0.4, -0.2) is 74.9 Å². The second kappa shape index (κ2) is 10.3. The molecule has 6 heterocycles. The zero-order valence-electron chi connectivity index (χ0n) is 26.3. The molecule has 0 aromatic heterocycles. The monoisotopic (exact) mass is 620 g/mol. The maximum Gasteiger partial charge on any atom is 0.248 e. The smallest absolute Gasteiger partial charge is 0.248 e. The van der Waals surface area contributed by atoms with Crippen molar-refractivity contribution in [2.75, 3.05) is 47.7 Å². The fourth-order valence-corrected chi connectivity index (χ4v) is 8.08. The first-order chi connectivity index (χ1) is 22.4. The van der Waals surface area contributed by atoms with Gasteiger partial charge in [0.2, 0.25) is 23.9 Å². The van der Waals surface area contributed by atoms with E-state index in [9.17, 15) is 4.79 Å². The van der Waals surface area contributed by atoms with E-state index in [1.54, 1.807) is 7.11 Å². The number of hydrogen-bond donors (Lipinski definition) is 0. The van der Waals surface area contributed by atoms with E-state index in [4.69, 9.17) is 28.4 Å². The van der Waals surface area contributed by atoms with Crippen molar-refractivity contribution in [3.05, 3.63) is 93.8 Å².